The van der Waals surface area contributed by atoms with Crippen LogP contribution in [0, 0.1) is 11.8 Å². The summed E-state index contributed by atoms with van der Waals surface area (Å²) in [6, 6.07) is 0.303. The predicted octanol–water partition coefficient (Wildman–Crippen LogP) is 4.01. The van der Waals surface area contributed by atoms with Gasteiger partial charge in [-0.15, -0.1) is 0 Å². The standard InChI is InChI=1S/C18H36N2O/c1-3-4-5-6-7-8-9-10-13-20-18(21)17-12-11-16(19)14-15(17)2/h15-17H,3-14,19H2,1-2H3,(H,20,21). The lowest BCUT2D eigenvalue weighted by molar-refractivity contribution is -0.127. The van der Waals surface area contributed by atoms with Crippen LogP contribution in [-0.4, -0.2) is 18.5 Å². The van der Waals surface area contributed by atoms with Crippen LogP contribution in [0.15, 0.2) is 0 Å². The van der Waals surface area contributed by atoms with Gasteiger partial charge >= 0.3 is 0 Å². The van der Waals surface area contributed by atoms with E-state index in [4.69, 9.17) is 5.73 Å². The van der Waals surface area contributed by atoms with Gasteiger partial charge in [-0.1, -0.05) is 58.8 Å². The monoisotopic (exact) mass is 296 g/mol. The van der Waals surface area contributed by atoms with E-state index >= 15 is 0 Å². The van der Waals surface area contributed by atoms with E-state index in [1.165, 1.54) is 44.9 Å². The van der Waals surface area contributed by atoms with Crippen molar-refractivity contribution in [3.05, 3.63) is 0 Å². The number of unbranched alkanes of at least 4 members (excludes halogenated alkanes) is 7. The molecule has 1 amide bonds. The molecule has 0 aromatic rings. The molecule has 21 heavy (non-hydrogen) atoms. The predicted molar refractivity (Wildman–Crippen MR) is 90.1 cm³/mol. The van der Waals surface area contributed by atoms with Crippen molar-refractivity contribution in [1.29, 1.82) is 0 Å². The summed E-state index contributed by atoms with van der Waals surface area (Å²) >= 11 is 0. The summed E-state index contributed by atoms with van der Waals surface area (Å²) < 4.78 is 0. The first kappa shape index (κ1) is 18.5. The zero-order valence-electron chi connectivity index (χ0n) is 14.2. The van der Waals surface area contributed by atoms with E-state index in [1.54, 1.807) is 0 Å². The molecule has 1 fully saturated rings. The van der Waals surface area contributed by atoms with Crippen molar-refractivity contribution in [3.63, 3.8) is 0 Å². The van der Waals surface area contributed by atoms with Gasteiger partial charge in [0.1, 0.15) is 0 Å². The zero-order chi connectivity index (χ0) is 15.5. The molecule has 0 spiro atoms. The molecule has 1 rings (SSSR count). The first-order valence-electron chi connectivity index (χ1n) is 9.18. The molecule has 124 valence electrons. The molecule has 0 heterocycles. The van der Waals surface area contributed by atoms with Gasteiger partial charge in [-0.25, -0.2) is 0 Å². The van der Waals surface area contributed by atoms with Crippen LogP contribution in [0.2, 0.25) is 0 Å². The fourth-order valence-corrected chi connectivity index (χ4v) is 3.43. The molecule has 3 atom stereocenters. The Bertz CT molecular complexity index is 280. The Balaban J connectivity index is 1.98. The van der Waals surface area contributed by atoms with E-state index in [2.05, 4.69) is 19.2 Å². The Labute approximate surface area is 131 Å². The average molecular weight is 296 g/mol. The molecule has 0 radical (unpaired) electrons. The highest BCUT2D eigenvalue weighted by Crippen LogP contribution is 2.29. The molecule has 1 aliphatic carbocycles. The number of rotatable bonds is 10. The topological polar surface area (TPSA) is 55.1 Å². The maximum absolute atomic E-state index is 12.2. The van der Waals surface area contributed by atoms with Crippen molar-refractivity contribution in [2.24, 2.45) is 17.6 Å². The highest BCUT2D eigenvalue weighted by atomic mass is 16.1. The average Bonchev–Trinajstić information content (AvgIpc) is 2.45. The third-order valence-electron chi connectivity index (χ3n) is 4.88. The second-order valence-electron chi connectivity index (χ2n) is 6.92. The Morgan fingerprint density at radius 1 is 1.05 bits per heavy atom. The number of carbonyl (C=O) groups excluding carboxylic acids is 1. The second kappa shape index (κ2) is 11.1. The van der Waals surface area contributed by atoms with Crippen molar-refractivity contribution in [2.75, 3.05) is 6.54 Å². The molecule has 0 aromatic heterocycles. The second-order valence-corrected chi connectivity index (χ2v) is 6.92. The van der Waals surface area contributed by atoms with Crippen LogP contribution >= 0.6 is 0 Å². The van der Waals surface area contributed by atoms with E-state index < -0.39 is 0 Å². The number of nitrogens with one attached hydrogen (secondary N) is 1. The van der Waals surface area contributed by atoms with E-state index in [1.807, 2.05) is 0 Å². The van der Waals surface area contributed by atoms with Crippen LogP contribution in [0.4, 0.5) is 0 Å². The minimum Gasteiger partial charge on any atom is -0.356 e. The van der Waals surface area contributed by atoms with Crippen LogP contribution in [0.25, 0.3) is 0 Å². The van der Waals surface area contributed by atoms with Gasteiger partial charge in [0.05, 0.1) is 0 Å². The number of amides is 1. The lowest BCUT2D eigenvalue weighted by Gasteiger charge is -2.31. The molecule has 0 bridgehead atoms. The van der Waals surface area contributed by atoms with Crippen molar-refractivity contribution >= 4 is 5.91 Å². The Kier molecular flexibility index (Phi) is 9.73. The lowest BCUT2D eigenvalue weighted by atomic mass is 9.78. The first-order valence-corrected chi connectivity index (χ1v) is 9.18. The number of hydrogen-bond acceptors (Lipinski definition) is 2. The van der Waals surface area contributed by atoms with Gasteiger partial charge in [0.25, 0.3) is 0 Å². The van der Waals surface area contributed by atoms with Crippen LogP contribution in [0.5, 0.6) is 0 Å². The minimum atomic E-state index is 0.193. The molecule has 3 nitrogen and oxygen atoms in total. The highest BCUT2D eigenvalue weighted by molar-refractivity contribution is 5.79. The summed E-state index contributed by atoms with van der Waals surface area (Å²) in [6.45, 7) is 5.27. The quantitative estimate of drug-likeness (QED) is 0.599. The largest absolute Gasteiger partial charge is 0.356 e. The molecular weight excluding hydrogens is 260 g/mol. The molecule has 3 heteroatoms. The smallest absolute Gasteiger partial charge is 0.223 e. The molecular formula is C18H36N2O. The summed E-state index contributed by atoms with van der Waals surface area (Å²) in [5.74, 6) is 0.892. The van der Waals surface area contributed by atoms with Gasteiger partial charge in [-0.2, -0.15) is 0 Å². The number of nitrogens with two attached hydrogens (primary N) is 1. The third kappa shape index (κ3) is 7.85. The van der Waals surface area contributed by atoms with Gasteiger partial charge in [-0.05, 0) is 31.6 Å². The van der Waals surface area contributed by atoms with Crippen molar-refractivity contribution in [1.82, 2.24) is 5.32 Å². The van der Waals surface area contributed by atoms with E-state index in [0.29, 0.717) is 12.0 Å². The number of hydrogen-bond donors (Lipinski definition) is 2. The minimum absolute atomic E-state index is 0.193. The van der Waals surface area contributed by atoms with Gasteiger partial charge in [-0.3, -0.25) is 4.79 Å². The molecule has 0 aromatic carbocycles. The van der Waals surface area contributed by atoms with Crippen molar-refractivity contribution in [2.45, 2.75) is 90.5 Å². The number of carbonyl (C=O) groups is 1. The maximum atomic E-state index is 12.2. The van der Waals surface area contributed by atoms with Crippen LogP contribution in [-0.2, 0) is 4.79 Å². The lowest BCUT2D eigenvalue weighted by Crippen LogP contribution is -2.41. The van der Waals surface area contributed by atoms with Crippen LogP contribution < -0.4 is 11.1 Å². The van der Waals surface area contributed by atoms with E-state index in [9.17, 15) is 4.79 Å². The molecule has 3 unspecified atom stereocenters. The Hall–Kier alpha value is -0.570. The van der Waals surface area contributed by atoms with E-state index in [0.717, 1.165) is 32.2 Å². The van der Waals surface area contributed by atoms with Gasteiger partial charge in [0, 0.05) is 18.5 Å². The molecule has 1 saturated carbocycles. The van der Waals surface area contributed by atoms with Gasteiger partial charge < -0.3 is 11.1 Å². The fourth-order valence-electron chi connectivity index (χ4n) is 3.43. The molecule has 3 N–H and O–H groups in total. The van der Waals surface area contributed by atoms with Crippen LogP contribution in [0.1, 0.15) is 84.5 Å². The summed E-state index contributed by atoms with van der Waals surface area (Å²) in [4.78, 5) is 12.2. The fraction of sp³-hybridized carbons (Fsp3) is 0.944. The molecule has 0 saturated heterocycles. The summed E-state index contributed by atoms with van der Waals surface area (Å²) in [6.07, 6.45) is 13.4. The molecule has 0 aliphatic heterocycles. The summed E-state index contributed by atoms with van der Waals surface area (Å²) in [5.41, 5.74) is 5.95. The van der Waals surface area contributed by atoms with Gasteiger partial charge in [0.15, 0.2) is 0 Å². The van der Waals surface area contributed by atoms with Crippen molar-refractivity contribution < 1.29 is 4.79 Å². The highest BCUT2D eigenvalue weighted by Gasteiger charge is 2.30. The van der Waals surface area contributed by atoms with E-state index in [-0.39, 0.29) is 11.8 Å². The summed E-state index contributed by atoms with van der Waals surface area (Å²) in [5, 5.41) is 3.13. The first-order chi connectivity index (χ1) is 10.1. The van der Waals surface area contributed by atoms with Crippen molar-refractivity contribution in [3.8, 4) is 0 Å². The maximum Gasteiger partial charge on any atom is 0.223 e. The summed E-state index contributed by atoms with van der Waals surface area (Å²) in [7, 11) is 0. The SMILES string of the molecule is CCCCCCCCCCNC(=O)C1CCC(N)CC1C. The van der Waals surface area contributed by atoms with Crippen LogP contribution in [0.3, 0.4) is 0 Å². The Morgan fingerprint density at radius 2 is 1.67 bits per heavy atom. The zero-order valence-corrected chi connectivity index (χ0v) is 14.2. The third-order valence-corrected chi connectivity index (χ3v) is 4.88. The Morgan fingerprint density at radius 3 is 2.29 bits per heavy atom. The normalized spacial score (nSPS) is 25.8. The van der Waals surface area contributed by atoms with Gasteiger partial charge in [0.2, 0.25) is 5.91 Å². The molecule has 1 aliphatic rings.